The zero-order valence-corrected chi connectivity index (χ0v) is 8.98. The Morgan fingerprint density at radius 1 is 1.24 bits per heavy atom. The van der Waals surface area contributed by atoms with Crippen molar-refractivity contribution in [1.82, 2.24) is 0 Å². The van der Waals surface area contributed by atoms with Crippen LogP contribution in [0.15, 0.2) is 11.6 Å². The quantitative estimate of drug-likeness (QED) is 0.372. The lowest BCUT2D eigenvalue weighted by Gasteiger charge is -1.93. The molecular formula is C10H4N2O4S. The van der Waals surface area contributed by atoms with Crippen molar-refractivity contribution in [2.75, 3.05) is 0 Å². The summed E-state index contributed by atoms with van der Waals surface area (Å²) in [6.07, 6.45) is 0.929. The van der Waals surface area contributed by atoms with Crippen molar-refractivity contribution in [3.05, 3.63) is 39.4 Å². The van der Waals surface area contributed by atoms with Crippen molar-refractivity contribution in [3.8, 4) is 0 Å². The van der Waals surface area contributed by atoms with Gasteiger partial charge in [-0.2, -0.15) is 11.3 Å². The number of carboxylic acids is 2. The fourth-order valence-electron chi connectivity index (χ4n) is 0.978. The molecule has 7 heteroatoms. The predicted octanol–water partition coefficient (Wildman–Crippen LogP) is 2.40. The molecule has 1 rings (SSSR count). The summed E-state index contributed by atoms with van der Waals surface area (Å²) in [4.78, 5) is 27.6. The Morgan fingerprint density at radius 3 is 2.18 bits per heavy atom. The Balaban J connectivity index is 3.28. The molecule has 0 unspecified atom stereocenters. The molecule has 0 aliphatic carbocycles. The van der Waals surface area contributed by atoms with Crippen molar-refractivity contribution in [1.29, 1.82) is 0 Å². The van der Waals surface area contributed by atoms with Gasteiger partial charge in [-0.15, -0.1) is 0 Å². The lowest BCUT2D eigenvalue weighted by molar-refractivity contribution is -0.139. The third-order valence-electron chi connectivity index (χ3n) is 1.68. The molecule has 1 heterocycles. The molecule has 6 nitrogen and oxygen atoms in total. The van der Waals surface area contributed by atoms with Gasteiger partial charge < -0.3 is 10.2 Å². The molecular weight excluding hydrogens is 244 g/mol. The molecule has 0 radical (unpaired) electrons. The lowest BCUT2D eigenvalue weighted by Crippen LogP contribution is -2.10. The van der Waals surface area contributed by atoms with Gasteiger partial charge in [-0.25, -0.2) is 19.3 Å². The van der Waals surface area contributed by atoms with Crippen LogP contribution in [0, 0.1) is 13.1 Å². The molecule has 1 aromatic rings. The molecule has 0 aromatic carbocycles. The summed E-state index contributed by atoms with van der Waals surface area (Å²) in [5.41, 5.74) is -0.717. The first-order valence-electron chi connectivity index (χ1n) is 4.06. The zero-order valence-electron chi connectivity index (χ0n) is 8.17. The smallest absolute Gasteiger partial charge is 0.343 e. The number of hydrogen-bond donors (Lipinski definition) is 2. The summed E-state index contributed by atoms with van der Waals surface area (Å²) < 4.78 is 0. The molecule has 0 fully saturated rings. The van der Waals surface area contributed by atoms with Crippen LogP contribution in [0.1, 0.15) is 4.88 Å². The van der Waals surface area contributed by atoms with E-state index in [1.54, 1.807) is 0 Å². The second kappa shape index (κ2) is 4.92. The number of carbonyl (C=O) groups is 2. The third-order valence-corrected chi connectivity index (χ3v) is 2.65. The van der Waals surface area contributed by atoms with Crippen molar-refractivity contribution < 1.29 is 19.8 Å². The average Bonchev–Trinajstić information content (AvgIpc) is 2.67. The van der Waals surface area contributed by atoms with Crippen LogP contribution >= 0.6 is 11.3 Å². The van der Waals surface area contributed by atoms with E-state index in [4.69, 9.17) is 23.4 Å². The number of carboxylic acid groups (broad SMARTS) is 2. The van der Waals surface area contributed by atoms with E-state index in [9.17, 15) is 9.59 Å². The van der Waals surface area contributed by atoms with E-state index in [-0.39, 0.29) is 15.6 Å². The summed E-state index contributed by atoms with van der Waals surface area (Å²) in [7, 11) is 0. The van der Waals surface area contributed by atoms with Gasteiger partial charge in [-0.3, -0.25) is 0 Å². The number of hydrogen-bond acceptors (Lipinski definition) is 3. The monoisotopic (exact) mass is 248 g/mol. The van der Waals surface area contributed by atoms with Crippen LogP contribution in [0.3, 0.4) is 0 Å². The zero-order chi connectivity index (χ0) is 13.0. The normalized spacial score (nSPS) is 8.82. The summed E-state index contributed by atoms with van der Waals surface area (Å²) in [5, 5.41) is 17.4. The number of nitrogens with zero attached hydrogens (tertiary/aromatic N) is 2. The second-order valence-corrected chi connectivity index (χ2v) is 3.79. The fourth-order valence-corrected chi connectivity index (χ4v) is 1.80. The minimum atomic E-state index is -1.57. The number of thiophene rings is 1. The van der Waals surface area contributed by atoms with Crippen molar-refractivity contribution >= 4 is 40.0 Å². The van der Waals surface area contributed by atoms with E-state index >= 15 is 0 Å². The summed E-state index contributed by atoms with van der Waals surface area (Å²) >= 11 is 0.876. The topological polar surface area (TPSA) is 83.3 Å². The highest BCUT2D eigenvalue weighted by atomic mass is 32.1. The minimum Gasteiger partial charge on any atom is -0.477 e. The van der Waals surface area contributed by atoms with Crippen molar-refractivity contribution in [2.45, 2.75) is 0 Å². The molecule has 0 amide bonds. The van der Waals surface area contributed by atoms with E-state index in [0.717, 1.165) is 17.4 Å². The maximum Gasteiger partial charge on any atom is 0.343 e. The molecule has 84 valence electrons. The Hall–Kier alpha value is -2.64. The Kier molecular flexibility index (Phi) is 3.60. The van der Waals surface area contributed by atoms with E-state index < -0.39 is 17.5 Å². The summed E-state index contributed by atoms with van der Waals surface area (Å²) in [6.45, 7) is 13.6. The highest BCUT2D eigenvalue weighted by molar-refractivity contribution is 7.17. The molecule has 0 spiro atoms. The first-order valence-corrected chi connectivity index (χ1v) is 4.88. The van der Waals surface area contributed by atoms with Crippen molar-refractivity contribution in [2.24, 2.45) is 0 Å². The largest absolute Gasteiger partial charge is 0.477 e. The van der Waals surface area contributed by atoms with Crippen LogP contribution in [0.25, 0.3) is 15.8 Å². The van der Waals surface area contributed by atoms with Crippen LogP contribution in [-0.2, 0) is 9.59 Å². The third kappa shape index (κ3) is 2.68. The fraction of sp³-hybridized carbons (Fsp3) is 0. The standard InChI is InChI=1S/C10H4N2O4S/c1-11-7-4-5(17-8(7)12-2)3-6(9(13)14)10(15)16/h3-4H,(H,13,14)(H,15,16). The van der Waals surface area contributed by atoms with Gasteiger partial charge in [0.25, 0.3) is 0 Å². The average molecular weight is 248 g/mol. The van der Waals surface area contributed by atoms with Gasteiger partial charge in [0.2, 0.25) is 10.7 Å². The van der Waals surface area contributed by atoms with E-state index in [0.29, 0.717) is 0 Å². The van der Waals surface area contributed by atoms with Crippen LogP contribution in [0.2, 0.25) is 0 Å². The molecule has 0 atom stereocenters. The first kappa shape index (κ1) is 12.4. The van der Waals surface area contributed by atoms with Crippen LogP contribution in [0.5, 0.6) is 0 Å². The second-order valence-electron chi connectivity index (χ2n) is 2.73. The molecule has 0 saturated carbocycles. The minimum absolute atomic E-state index is 0.0892. The van der Waals surface area contributed by atoms with Gasteiger partial charge in [0.15, 0.2) is 0 Å². The molecule has 0 aliphatic heterocycles. The molecule has 1 aromatic heterocycles. The Morgan fingerprint density at radius 2 is 1.82 bits per heavy atom. The summed E-state index contributed by atoms with van der Waals surface area (Å²) in [5.74, 6) is -3.14. The summed E-state index contributed by atoms with van der Waals surface area (Å²) in [6, 6.07) is 1.29. The highest BCUT2D eigenvalue weighted by Gasteiger charge is 2.17. The van der Waals surface area contributed by atoms with Gasteiger partial charge >= 0.3 is 11.9 Å². The SMILES string of the molecule is [C-]#[N+]c1cc(C=C(C(=O)O)C(=O)O)sc1[N+]#[C-]. The number of rotatable bonds is 3. The van der Waals surface area contributed by atoms with Gasteiger partial charge in [-0.05, 0) is 6.08 Å². The van der Waals surface area contributed by atoms with Crippen LogP contribution < -0.4 is 0 Å². The predicted molar refractivity (Wildman–Crippen MR) is 60.1 cm³/mol. The molecule has 0 aliphatic rings. The Bertz CT molecular complexity index is 553. The van der Waals surface area contributed by atoms with Crippen LogP contribution in [0.4, 0.5) is 10.7 Å². The first-order chi connectivity index (χ1) is 7.99. The van der Waals surface area contributed by atoms with Crippen LogP contribution in [-0.4, -0.2) is 22.2 Å². The molecule has 0 saturated heterocycles. The van der Waals surface area contributed by atoms with Gasteiger partial charge in [-0.1, -0.05) is 6.07 Å². The number of aliphatic carboxylic acids is 2. The van der Waals surface area contributed by atoms with E-state index in [1.165, 1.54) is 6.07 Å². The van der Waals surface area contributed by atoms with E-state index in [1.807, 2.05) is 0 Å². The van der Waals surface area contributed by atoms with Gasteiger partial charge in [0.05, 0.1) is 13.1 Å². The van der Waals surface area contributed by atoms with Gasteiger partial charge in [0.1, 0.15) is 5.57 Å². The molecule has 0 bridgehead atoms. The maximum atomic E-state index is 10.6. The Labute approximate surface area is 99.7 Å². The van der Waals surface area contributed by atoms with Crippen molar-refractivity contribution in [3.63, 3.8) is 0 Å². The highest BCUT2D eigenvalue weighted by Crippen LogP contribution is 2.38. The molecule has 17 heavy (non-hydrogen) atoms. The molecule has 2 N–H and O–H groups in total. The maximum absolute atomic E-state index is 10.6. The van der Waals surface area contributed by atoms with Gasteiger partial charge in [0, 0.05) is 4.88 Å². The lowest BCUT2D eigenvalue weighted by atomic mass is 10.2. The van der Waals surface area contributed by atoms with E-state index in [2.05, 4.69) is 9.69 Å².